The van der Waals surface area contributed by atoms with Crippen LogP contribution >= 0.6 is 0 Å². The van der Waals surface area contributed by atoms with Crippen LogP contribution in [0.2, 0.25) is 0 Å². The van der Waals surface area contributed by atoms with Crippen molar-refractivity contribution in [2.45, 2.75) is 32.5 Å². The van der Waals surface area contributed by atoms with Crippen LogP contribution < -0.4 is 5.32 Å². The van der Waals surface area contributed by atoms with Gasteiger partial charge in [-0.15, -0.1) is 0 Å². The zero-order valence-corrected chi connectivity index (χ0v) is 13.2. The molecule has 1 N–H and O–H groups in total. The number of piperazine rings is 1. The van der Waals surface area contributed by atoms with Gasteiger partial charge in [0.1, 0.15) is 5.69 Å². The molecule has 0 radical (unpaired) electrons. The van der Waals surface area contributed by atoms with Crippen LogP contribution in [-0.2, 0) is 6.54 Å². The molecule has 1 aromatic carbocycles. The van der Waals surface area contributed by atoms with E-state index in [1.54, 1.807) is 19.2 Å². The average Bonchev–Trinajstić information content (AvgIpc) is 2.44. The Morgan fingerprint density at radius 2 is 1.95 bits per heavy atom. The largest absolute Gasteiger partial charge is 0.383 e. The second kappa shape index (κ2) is 6.41. The van der Waals surface area contributed by atoms with Gasteiger partial charge in [0.25, 0.3) is 5.69 Å². The summed E-state index contributed by atoms with van der Waals surface area (Å²) in [5.74, 6) is 0. The molecule has 21 heavy (non-hydrogen) atoms. The number of benzene rings is 1. The summed E-state index contributed by atoms with van der Waals surface area (Å²) in [6, 6.07) is 6.43. The van der Waals surface area contributed by atoms with Crippen molar-refractivity contribution in [1.82, 2.24) is 9.80 Å². The third kappa shape index (κ3) is 3.51. The van der Waals surface area contributed by atoms with E-state index in [1.165, 1.54) is 0 Å². The summed E-state index contributed by atoms with van der Waals surface area (Å²) in [6.45, 7) is 7.17. The van der Waals surface area contributed by atoms with Crippen molar-refractivity contribution in [3.63, 3.8) is 0 Å². The molecule has 1 aliphatic rings. The molecule has 1 aliphatic heterocycles. The Kier molecular flexibility index (Phi) is 4.80. The van der Waals surface area contributed by atoms with Crippen molar-refractivity contribution in [1.29, 1.82) is 0 Å². The molecule has 1 aromatic rings. The zero-order valence-electron chi connectivity index (χ0n) is 13.2. The molecule has 0 amide bonds. The maximum absolute atomic E-state index is 11.1. The summed E-state index contributed by atoms with van der Waals surface area (Å²) in [6.07, 6.45) is 0. The van der Waals surface area contributed by atoms with Gasteiger partial charge in [0.15, 0.2) is 0 Å². The minimum Gasteiger partial charge on any atom is -0.383 e. The lowest BCUT2D eigenvalue weighted by molar-refractivity contribution is -0.384. The van der Waals surface area contributed by atoms with Crippen LogP contribution in [0.3, 0.4) is 0 Å². The van der Waals surface area contributed by atoms with Crippen LogP contribution in [0.25, 0.3) is 0 Å². The van der Waals surface area contributed by atoms with Crippen LogP contribution in [0.5, 0.6) is 0 Å². The Balaban J connectivity index is 2.13. The number of nitrogens with one attached hydrogen (secondary N) is 1. The third-order valence-electron chi connectivity index (χ3n) is 4.37. The SMILES string of the molecule is CNc1ccc(CN2CC(C)N(C)C(C)C2)cc1[N+](=O)[O-]. The van der Waals surface area contributed by atoms with Crippen LogP contribution in [0, 0.1) is 10.1 Å². The number of anilines is 1. The highest BCUT2D eigenvalue weighted by molar-refractivity contribution is 5.62. The third-order valence-corrected chi connectivity index (χ3v) is 4.37. The van der Waals surface area contributed by atoms with Gasteiger partial charge in [-0.3, -0.25) is 19.9 Å². The van der Waals surface area contributed by atoms with E-state index < -0.39 is 0 Å². The quantitative estimate of drug-likeness (QED) is 0.680. The molecule has 1 fully saturated rings. The summed E-state index contributed by atoms with van der Waals surface area (Å²) in [4.78, 5) is 15.5. The monoisotopic (exact) mass is 292 g/mol. The second-order valence-electron chi connectivity index (χ2n) is 5.92. The Bertz CT molecular complexity index is 508. The van der Waals surface area contributed by atoms with Crippen LogP contribution in [0.15, 0.2) is 18.2 Å². The van der Waals surface area contributed by atoms with Gasteiger partial charge in [-0.05, 0) is 32.5 Å². The van der Waals surface area contributed by atoms with E-state index in [0.717, 1.165) is 25.2 Å². The highest BCUT2D eigenvalue weighted by Crippen LogP contribution is 2.26. The molecule has 6 heteroatoms. The minimum absolute atomic E-state index is 0.144. The van der Waals surface area contributed by atoms with E-state index in [9.17, 15) is 10.1 Å². The normalized spacial score (nSPS) is 24.0. The highest BCUT2D eigenvalue weighted by Gasteiger charge is 2.26. The summed E-state index contributed by atoms with van der Waals surface area (Å²) in [7, 11) is 3.85. The lowest BCUT2D eigenvalue weighted by Crippen LogP contribution is -2.54. The van der Waals surface area contributed by atoms with Crippen molar-refractivity contribution < 1.29 is 4.92 Å². The Morgan fingerprint density at radius 1 is 1.33 bits per heavy atom. The maximum atomic E-state index is 11.1. The fourth-order valence-electron chi connectivity index (χ4n) is 2.94. The fraction of sp³-hybridized carbons (Fsp3) is 0.600. The van der Waals surface area contributed by atoms with Gasteiger partial charge in [0.2, 0.25) is 0 Å². The lowest BCUT2D eigenvalue weighted by atomic mass is 10.1. The van der Waals surface area contributed by atoms with Crippen LogP contribution in [0.4, 0.5) is 11.4 Å². The standard InChI is InChI=1S/C15H24N4O2/c1-11-8-18(9-12(2)17(11)4)10-13-5-6-14(16-3)15(7-13)19(20)21/h5-7,11-12,16H,8-10H2,1-4H3. The predicted molar refractivity (Wildman–Crippen MR) is 84.6 cm³/mol. The fourth-order valence-corrected chi connectivity index (χ4v) is 2.94. The topological polar surface area (TPSA) is 61.6 Å². The van der Waals surface area contributed by atoms with E-state index in [-0.39, 0.29) is 10.6 Å². The molecule has 6 nitrogen and oxygen atoms in total. The van der Waals surface area contributed by atoms with Crippen molar-refractivity contribution in [2.75, 3.05) is 32.5 Å². The van der Waals surface area contributed by atoms with Crippen LogP contribution in [0.1, 0.15) is 19.4 Å². The first-order valence-electron chi connectivity index (χ1n) is 7.31. The van der Waals surface area contributed by atoms with Crippen LogP contribution in [-0.4, -0.2) is 54.0 Å². The number of hydrogen-bond donors (Lipinski definition) is 1. The summed E-state index contributed by atoms with van der Waals surface area (Å²) < 4.78 is 0. The first kappa shape index (κ1) is 15.7. The second-order valence-corrected chi connectivity index (χ2v) is 5.92. The molecule has 0 aromatic heterocycles. The molecule has 1 heterocycles. The molecular weight excluding hydrogens is 268 g/mol. The zero-order chi connectivity index (χ0) is 15.6. The summed E-state index contributed by atoms with van der Waals surface area (Å²) in [5.41, 5.74) is 1.69. The molecule has 2 unspecified atom stereocenters. The average molecular weight is 292 g/mol. The lowest BCUT2D eigenvalue weighted by Gasteiger charge is -2.42. The highest BCUT2D eigenvalue weighted by atomic mass is 16.6. The molecule has 0 aliphatic carbocycles. The Morgan fingerprint density at radius 3 is 2.48 bits per heavy atom. The van der Waals surface area contributed by atoms with Gasteiger partial charge in [0.05, 0.1) is 4.92 Å². The summed E-state index contributed by atoms with van der Waals surface area (Å²) >= 11 is 0. The predicted octanol–water partition coefficient (Wildman–Crippen LogP) is 2.16. The van der Waals surface area contributed by atoms with Gasteiger partial charge >= 0.3 is 0 Å². The van der Waals surface area contributed by atoms with Gasteiger partial charge in [0, 0.05) is 44.8 Å². The smallest absolute Gasteiger partial charge is 0.292 e. The number of rotatable bonds is 4. The number of likely N-dealkylation sites (N-methyl/N-ethyl adjacent to an activating group) is 1. The number of nitrogens with zero attached hydrogens (tertiary/aromatic N) is 3. The van der Waals surface area contributed by atoms with Crippen molar-refractivity contribution in [3.8, 4) is 0 Å². The van der Waals surface area contributed by atoms with E-state index in [2.05, 4.69) is 36.0 Å². The maximum Gasteiger partial charge on any atom is 0.292 e. The van der Waals surface area contributed by atoms with E-state index in [4.69, 9.17) is 0 Å². The summed E-state index contributed by atoms with van der Waals surface area (Å²) in [5, 5.41) is 14.0. The first-order chi connectivity index (χ1) is 9.92. The van der Waals surface area contributed by atoms with Gasteiger partial charge in [-0.2, -0.15) is 0 Å². The molecule has 0 bridgehead atoms. The molecule has 2 rings (SSSR count). The molecule has 116 valence electrons. The number of hydrogen-bond acceptors (Lipinski definition) is 5. The van der Waals surface area contributed by atoms with Gasteiger partial charge < -0.3 is 5.32 Å². The van der Waals surface area contributed by atoms with E-state index in [1.807, 2.05) is 6.07 Å². The first-order valence-corrected chi connectivity index (χ1v) is 7.31. The van der Waals surface area contributed by atoms with Gasteiger partial charge in [-0.1, -0.05) is 6.07 Å². The van der Waals surface area contributed by atoms with Crippen molar-refractivity contribution in [2.24, 2.45) is 0 Å². The Hall–Kier alpha value is -1.66. The minimum atomic E-state index is -0.329. The molecule has 0 saturated carbocycles. The number of nitro benzene ring substituents is 1. The molecule has 2 atom stereocenters. The van der Waals surface area contributed by atoms with E-state index >= 15 is 0 Å². The Labute approximate surface area is 125 Å². The molecule has 0 spiro atoms. The van der Waals surface area contributed by atoms with E-state index in [0.29, 0.717) is 17.8 Å². The molecule has 1 saturated heterocycles. The van der Waals surface area contributed by atoms with Crippen molar-refractivity contribution >= 4 is 11.4 Å². The number of nitro groups is 1. The van der Waals surface area contributed by atoms with Gasteiger partial charge in [-0.25, -0.2) is 0 Å². The molecular formula is C15H24N4O2. The van der Waals surface area contributed by atoms with Crippen molar-refractivity contribution in [3.05, 3.63) is 33.9 Å².